The van der Waals surface area contributed by atoms with E-state index >= 15 is 0 Å². The summed E-state index contributed by atoms with van der Waals surface area (Å²) in [6.45, 7) is 1.58. The number of carbonyl (C=O) groups is 1. The molecule has 0 radical (unpaired) electrons. The van der Waals surface area contributed by atoms with Crippen LogP contribution in [-0.4, -0.2) is 50.7 Å². The molecule has 0 spiro atoms. The zero-order valence-corrected chi connectivity index (χ0v) is 10.6. The normalized spacial score (nSPS) is 9.94. The van der Waals surface area contributed by atoms with E-state index < -0.39 is 5.97 Å². The van der Waals surface area contributed by atoms with Crippen molar-refractivity contribution in [3.63, 3.8) is 0 Å². The maximum absolute atomic E-state index is 10.9. The molecule has 7 heteroatoms. The van der Waals surface area contributed by atoms with E-state index in [1.54, 1.807) is 0 Å². The molecule has 0 bridgehead atoms. The zero-order chi connectivity index (χ0) is 12.2. The van der Waals surface area contributed by atoms with Crippen LogP contribution in [0.15, 0.2) is 10.3 Å². The molecule has 0 atom stereocenters. The number of esters is 1. The third-order valence-corrected chi connectivity index (χ3v) is 1.58. The topological polar surface area (TPSA) is 65.0 Å². The van der Waals surface area contributed by atoms with Gasteiger partial charge < -0.3 is 19.3 Å². The van der Waals surface area contributed by atoms with Gasteiger partial charge in [0.2, 0.25) is 0 Å². The van der Waals surface area contributed by atoms with Gasteiger partial charge in [0.1, 0.15) is 6.61 Å². The van der Waals surface area contributed by atoms with Gasteiger partial charge in [0.25, 0.3) is 0 Å². The number of hydrogen-bond acceptors (Lipinski definition) is 7. The van der Waals surface area contributed by atoms with Crippen molar-refractivity contribution in [1.82, 2.24) is 0 Å². The van der Waals surface area contributed by atoms with E-state index in [4.69, 9.17) is 19.3 Å². The lowest BCUT2D eigenvalue weighted by atomic mass is 10.6. The van der Waals surface area contributed by atoms with Crippen molar-refractivity contribution in [2.75, 3.05) is 39.6 Å². The van der Waals surface area contributed by atoms with Gasteiger partial charge in [0.15, 0.2) is 0 Å². The first-order valence-corrected chi connectivity index (χ1v) is 5.59. The fourth-order valence-electron chi connectivity index (χ4n) is 0.735. The molecule has 0 saturated heterocycles. The summed E-state index contributed by atoms with van der Waals surface area (Å²) in [4.78, 5) is 10.9. The van der Waals surface area contributed by atoms with Crippen LogP contribution < -0.4 is 0 Å². The summed E-state index contributed by atoms with van der Waals surface area (Å²) in [6.07, 6.45) is 1.16. The summed E-state index contributed by atoms with van der Waals surface area (Å²) < 4.78 is 15.1. The standard InChI is InChI=1S/C9H16O5S2/c10-1-2-12-3-4-13-5-6-14-8(11)7-9(15)16/h7,10,15-16H,1-6H2. The summed E-state index contributed by atoms with van der Waals surface area (Å²) in [6, 6.07) is 0. The molecule has 1 N–H and O–H groups in total. The second kappa shape index (κ2) is 11.3. The van der Waals surface area contributed by atoms with Crippen molar-refractivity contribution in [2.45, 2.75) is 0 Å². The lowest BCUT2D eigenvalue weighted by Crippen LogP contribution is -2.12. The molecule has 5 nitrogen and oxygen atoms in total. The highest BCUT2D eigenvalue weighted by Gasteiger charge is 1.97. The number of thiol groups is 2. The Morgan fingerprint density at radius 2 is 1.62 bits per heavy atom. The Morgan fingerprint density at radius 3 is 2.19 bits per heavy atom. The molecule has 0 saturated carbocycles. The molecule has 0 aromatic rings. The average Bonchev–Trinajstić information content (AvgIpc) is 2.21. The molecule has 0 amide bonds. The maximum Gasteiger partial charge on any atom is 0.332 e. The summed E-state index contributed by atoms with van der Waals surface area (Å²) in [7, 11) is 0. The minimum Gasteiger partial charge on any atom is -0.460 e. The Morgan fingerprint density at radius 1 is 1.06 bits per heavy atom. The van der Waals surface area contributed by atoms with Gasteiger partial charge in [-0.3, -0.25) is 0 Å². The largest absolute Gasteiger partial charge is 0.460 e. The molecular weight excluding hydrogens is 252 g/mol. The number of ether oxygens (including phenoxy) is 3. The van der Waals surface area contributed by atoms with E-state index in [0.29, 0.717) is 30.7 Å². The first kappa shape index (κ1) is 15.8. The molecule has 94 valence electrons. The molecule has 0 heterocycles. The van der Waals surface area contributed by atoms with E-state index in [0.717, 1.165) is 6.08 Å². The van der Waals surface area contributed by atoms with Gasteiger partial charge in [-0.2, -0.15) is 0 Å². The van der Waals surface area contributed by atoms with Crippen molar-refractivity contribution in [1.29, 1.82) is 0 Å². The Balaban J connectivity index is 3.21. The zero-order valence-electron chi connectivity index (χ0n) is 8.79. The van der Waals surface area contributed by atoms with E-state index in [-0.39, 0.29) is 13.2 Å². The van der Waals surface area contributed by atoms with Gasteiger partial charge in [0, 0.05) is 10.3 Å². The number of aliphatic hydroxyl groups is 1. The van der Waals surface area contributed by atoms with Crippen LogP contribution in [0.3, 0.4) is 0 Å². The molecule has 0 aromatic heterocycles. The second-order valence-corrected chi connectivity index (χ2v) is 3.93. The molecule has 0 aliphatic carbocycles. The van der Waals surface area contributed by atoms with Crippen LogP contribution in [0.2, 0.25) is 0 Å². The maximum atomic E-state index is 10.9. The monoisotopic (exact) mass is 268 g/mol. The summed E-state index contributed by atoms with van der Waals surface area (Å²) in [5.74, 6) is -0.500. The first-order chi connectivity index (χ1) is 7.66. The summed E-state index contributed by atoms with van der Waals surface area (Å²) in [5, 5.41) is 8.40. The molecular formula is C9H16O5S2. The van der Waals surface area contributed by atoms with Gasteiger partial charge in [-0.15, -0.1) is 25.3 Å². The molecule has 0 aliphatic heterocycles. The van der Waals surface area contributed by atoms with Gasteiger partial charge in [0.05, 0.1) is 33.0 Å². The van der Waals surface area contributed by atoms with E-state index in [1.807, 2.05) is 0 Å². The average molecular weight is 268 g/mol. The van der Waals surface area contributed by atoms with E-state index in [9.17, 15) is 4.79 Å². The van der Waals surface area contributed by atoms with Crippen LogP contribution in [-0.2, 0) is 19.0 Å². The van der Waals surface area contributed by atoms with Crippen molar-refractivity contribution >= 4 is 31.2 Å². The molecule has 0 aliphatic rings. The van der Waals surface area contributed by atoms with Crippen LogP contribution >= 0.6 is 25.3 Å². The predicted molar refractivity (Wildman–Crippen MR) is 65.7 cm³/mol. The Bertz CT molecular complexity index is 216. The van der Waals surface area contributed by atoms with Crippen LogP contribution in [0.5, 0.6) is 0 Å². The predicted octanol–water partition coefficient (Wildman–Crippen LogP) is 0.256. The van der Waals surface area contributed by atoms with E-state index in [1.165, 1.54) is 0 Å². The Labute approximate surface area is 106 Å². The summed E-state index contributed by atoms with van der Waals surface area (Å²) in [5.41, 5.74) is 0. The molecule has 0 aromatic carbocycles. The van der Waals surface area contributed by atoms with Crippen LogP contribution in [0.4, 0.5) is 0 Å². The van der Waals surface area contributed by atoms with Crippen molar-refractivity contribution < 1.29 is 24.1 Å². The van der Waals surface area contributed by atoms with Crippen LogP contribution in [0.1, 0.15) is 0 Å². The molecule has 0 rings (SSSR count). The number of aliphatic hydroxyl groups excluding tert-OH is 1. The number of rotatable bonds is 9. The minimum atomic E-state index is -0.500. The van der Waals surface area contributed by atoms with Gasteiger partial charge in [-0.05, 0) is 0 Å². The van der Waals surface area contributed by atoms with Gasteiger partial charge in [-0.25, -0.2) is 4.79 Å². The highest BCUT2D eigenvalue weighted by Crippen LogP contribution is 2.04. The molecule has 0 unspecified atom stereocenters. The minimum absolute atomic E-state index is 0.000261. The second-order valence-electron chi connectivity index (χ2n) is 2.62. The lowest BCUT2D eigenvalue weighted by Gasteiger charge is -2.05. The third kappa shape index (κ3) is 11.9. The number of hydrogen-bond donors (Lipinski definition) is 3. The fourth-order valence-corrected chi connectivity index (χ4v) is 0.946. The highest BCUT2D eigenvalue weighted by molar-refractivity contribution is 8.05. The van der Waals surface area contributed by atoms with Crippen LogP contribution in [0, 0.1) is 0 Å². The van der Waals surface area contributed by atoms with Crippen molar-refractivity contribution in [3.8, 4) is 0 Å². The summed E-state index contributed by atoms with van der Waals surface area (Å²) >= 11 is 7.61. The molecule has 16 heavy (non-hydrogen) atoms. The third-order valence-electron chi connectivity index (χ3n) is 1.33. The number of carbonyl (C=O) groups excluding carboxylic acids is 1. The van der Waals surface area contributed by atoms with E-state index in [2.05, 4.69) is 25.3 Å². The lowest BCUT2D eigenvalue weighted by molar-refractivity contribution is -0.139. The van der Waals surface area contributed by atoms with Gasteiger partial charge in [-0.1, -0.05) is 0 Å². The highest BCUT2D eigenvalue weighted by atomic mass is 32.2. The van der Waals surface area contributed by atoms with Crippen molar-refractivity contribution in [3.05, 3.63) is 10.3 Å². The first-order valence-electron chi connectivity index (χ1n) is 4.69. The van der Waals surface area contributed by atoms with Crippen LogP contribution in [0.25, 0.3) is 0 Å². The van der Waals surface area contributed by atoms with Crippen molar-refractivity contribution in [2.24, 2.45) is 0 Å². The van der Waals surface area contributed by atoms with Gasteiger partial charge >= 0.3 is 5.97 Å². The smallest absolute Gasteiger partial charge is 0.332 e. The Hall–Kier alpha value is -0.210. The fraction of sp³-hybridized carbons (Fsp3) is 0.667. The molecule has 0 fully saturated rings. The quantitative estimate of drug-likeness (QED) is 0.242. The SMILES string of the molecule is O=C(C=C(S)S)OCCOCCOCCO. The Kier molecular flexibility index (Phi) is 11.1.